The number of aliphatic imine (C=N–C) groups is 1. The number of amides is 2. The monoisotopic (exact) mass is 635 g/mol. The molecule has 2 fully saturated rings. The molecule has 2 aromatic carbocycles. The molecule has 3 aliphatic heterocycles. The molecule has 7 rings (SSSR count). The van der Waals surface area contributed by atoms with Crippen molar-refractivity contribution in [3.8, 4) is 33.6 Å². The molecule has 12 heteroatoms. The van der Waals surface area contributed by atoms with Crippen molar-refractivity contribution in [3.05, 3.63) is 72.6 Å². The molecular formula is C35H41N9O3. The van der Waals surface area contributed by atoms with E-state index in [1.807, 2.05) is 11.1 Å². The van der Waals surface area contributed by atoms with Gasteiger partial charge in [-0.2, -0.15) is 0 Å². The third-order valence-electron chi connectivity index (χ3n) is 9.48. The molecule has 0 bridgehead atoms. The van der Waals surface area contributed by atoms with Gasteiger partial charge in [-0.25, -0.2) is 14.8 Å². The topological polar surface area (TPSA) is 155 Å². The number of aromatic amines is 2. The summed E-state index contributed by atoms with van der Waals surface area (Å²) in [4.78, 5) is 49.2. The number of hydrogen-bond acceptors (Lipinski definition) is 7. The number of aromatic nitrogens is 4. The molecule has 0 radical (unpaired) electrons. The van der Waals surface area contributed by atoms with Gasteiger partial charge < -0.3 is 30.6 Å². The van der Waals surface area contributed by atoms with E-state index in [2.05, 4.69) is 93.0 Å². The number of H-pyrrole nitrogens is 2. The number of benzene rings is 2. The Bertz CT molecular complexity index is 1760. The van der Waals surface area contributed by atoms with Gasteiger partial charge in [0, 0.05) is 19.6 Å². The molecule has 12 nitrogen and oxygen atoms in total. The van der Waals surface area contributed by atoms with Gasteiger partial charge in [-0.1, -0.05) is 62.4 Å². The third-order valence-corrected chi connectivity index (χ3v) is 9.48. The number of likely N-dealkylation sites (tertiary alicyclic amines) is 2. The summed E-state index contributed by atoms with van der Waals surface area (Å²) in [7, 11) is 0. The highest BCUT2D eigenvalue weighted by molar-refractivity contribution is 5.90. The fraction of sp³-hybridized carbons (Fsp3) is 0.400. The molecular weight excluding hydrogens is 594 g/mol. The Morgan fingerprint density at radius 1 is 0.809 bits per heavy atom. The first kappa shape index (κ1) is 30.5. The van der Waals surface area contributed by atoms with Crippen LogP contribution < -0.4 is 10.6 Å². The van der Waals surface area contributed by atoms with Crippen LogP contribution in [0.2, 0.25) is 0 Å². The van der Waals surface area contributed by atoms with Crippen molar-refractivity contribution in [2.45, 2.75) is 57.7 Å². The van der Waals surface area contributed by atoms with Crippen LogP contribution in [0.5, 0.6) is 0 Å². The zero-order valence-corrected chi connectivity index (χ0v) is 26.7. The molecule has 3 aliphatic rings. The molecule has 5 heterocycles. The summed E-state index contributed by atoms with van der Waals surface area (Å²) >= 11 is 0. The first-order valence-electron chi connectivity index (χ1n) is 16.5. The summed E-state index contributed by atoms with van der Waals surface area (Å²) in [6.07, 6.45) is 6.16. The molecule has 5 N–H and O–H groups in total. The van der Waals surface area contributed by atoms with Gasteiger partial charge in [0.25, 0.3) is 0 Å². The van der Waals surface area contributed by atoms with Crippen molar-refractivity contribution in [1.29, 1.82) is 0 Å². The maximum atomic E-state index is 13.7. The third kappa shape index (κ3) is 6.19. The standard InChI is InChI=1S/C35H41N9O3/c1-21(2)30(42-34-36-15-16-37-34)33(45)43-17-3-5-28(43)31-38-19-26(40-31)24-11-7-22(8-12-24)23-9-13-25(14-10-23)27-20-39-32(41-27)29-6-4-18-44(29)35(46)47/h7-14,19-21,28-30H,3-6,15-18H2,1-2H3,(H,38,40)(H,39,41)(H,46,47)(H2,36,37,42)/t28-,29?,30-/m0/s1. The second-order valence-corrected chi connectivity index (χ2v) is 12.9. The Balaban J connectivity index is 1.02. The van der Waals surface area contributed by atoms with Gasteiger partial charge in [0.1, 0.15) is 17.7 Å². The number of carbonyl (C=O) groups excluding carboxylic acids is 1. The smallest absolute Gasteiger partial charge is 0.407 e. The van der Waals surface area contributed by atoms with E-state index in [0.717, 1.165) is 78.2 Å². The van der Waals surface area contributed by atoms with Crippen LogP contribution in [-0.2, 0) is 4.79 Å². The number of rotatable bonds is 8. The summed E-state index contributed by atoms with van der Waals surface area (Å²) in [5.74, 6) is 2.41. The second kappa shape index (κ2) is 12.9. The normalized spacial score (nSPS) is 20.0. The largest absolute Gasteiger partial charge is 0.465 e. The van der Waals surface area contributed by atoms with Crippen LogP contribution in [0, 0.1) is 5.92 Å². The maximum Gasteiger partial charge on any atom is 0.407 e. The van der Waals surface area contributed by atoms with Gasteiger partial charge >= 0.3 is 6.09 Å². The lowest BCUT2D eigenvalue weighted by Crippen LogP contribution is -2.53. The fourth-order valence-electron chi connectivity index (χ4n) is 6.92. The van der Waals surface area contributed by atoms with Gasteiger partial charge in [0.2, 0.25) is 5.91 Å². The van der Waals surface area contributed by atoms with Crippen LogP contribution in [0.4, 0.5) is 4.79 Å². The van der Waals surface area contributed by atoms with Gasteiger partial charge in [0.05, 0.1) is 42.4 Å². The molecule has 0 spiro atoms. The molecule has 4 aromatic rings. The van der Waals surface area contributed by atoms with Crippen molar-refractivity contribution < 1.29 is 14.7 Å². The van der Waals surface area contributed by atoms with Crippen molar-refractivity contribution in [1.82, 2.24) is 40.4 Å². The number of nitrogens with one attached hydrogen (secondary N) is 4. The second-order valence-electron chi connectivity index (χ2n) is 12.9. The summed E-state index contributed by atoms with van der Waals surface area (Å²) in [6.45, 7) is 6.88. The Morgan fingerprint density at radius 2 is 1.32 bits per heavy atom. The maximum absolute atomic E-state index is 13.7. The van der Waals surface area contributed by atoms with Crippen molar-refractivity contribution in [2.24, 2.45) is 10.9 Å². The van der Waals surface area contributed by atoms with Crippen LogP contribution in [0.25, 0.3) is 33.6 Å². The number of imidazole rings is 2. The summed E-state index contributed by atoms with van der Waals surface area (Å²) < 4.78 is 0. The molecule has 2 amide bonds. The number of hydrogen-bond donors (Lipinski definition) is 5. The number of nitrogens with zero attached hydrogens (tertiary/aromatic N) is 5. The van der Waals surface area contributed by atoms with Gasteiger partial charge in [-0.05, 0) is 53.9 Å². The Labute approximate surface area is 273 Å². The average molecular weight is 636 g/mol. The van der Waals surface area contributed by atoms with Gasteiger partial charge in [0.15, 0.2) is 5.96 Å². The van der Waals surface area contributed by atoms with Crippen molar-refractivity contribution >= 4 is 18.0 Å². The predicted octanol–water partition coefficient (Wildman–Crippen LogP) is 5.19. The quantitative estimate of drug-likeness (QED) is 0.179. The van der Waals surface area contributed by atoms with Crippen LogP contribution in [0.3, 0.4) is 0 Å². The zero-order valence-electron chi connectivity index (χ0n) is 26.7. The number of carbonyl (C=O) groups is 2. The Morgan fingerprint density at radius 3 is 1.81 bits per heavy atom. The van der Waals surface area contributed by atoms with Gasteiger partial charge in [-0.3, -0.25) is 14.7 Å². The van der Waals surface area contributed by atoms with Crippen LogP contribution in [0.1, 0.15) is 63.3 Å². The van der Waals surface area contributed by atoms with E-state index >= 15 is 0 Å². The Hall–Kier alpha value is -5.13. The Kier molecular flexibility index (Phi) is 8.40. The minimum Gasteiger partial charge on any atom is -0.465 e. The average Bonchev–Trinajstić information content (AvgIpc) is 3.92. The van der Waals surface area contributed by atoms with E-state index in [-0.39, 0.29) is 30.0 Å². The van der Waals surface area contributed by atoms with E-state index in [1.165, 1.54) is 4.90 Å². The molecule has 244 valence electrons. The van der Waals surface area contributed by atoms with E-state index < -0.39 is 6.09 Å². The van der Waals surface area contributed by atoms with E-state index in [9.17, 15) is 14.7 Å². The summed E-state index contributed by atoms with van der Waals surface area (Å²) in [6, 6.07) is 16.0. The SMILES string of the molecule is CC(C)[C@H](NC1=NCCN1)C(=O)N1CCC[C@H]1c1ncc(-c2ccc(-c3ccc(-c4cnc(C5CCCN5C(=O)O)[nH]4)cc3)cc2)[nH]1. The minimum absolute atomic E-state index is 0.0823. The highest BCUT2D eigenvalue weighted by atomic mass is 16.4. The van der Waals surface area contributed by atoms with Crippen LogP contribution in [0.15, 0.2) is 65.9 Å². The molecule has 0 aliphatic carbocycles. The molecule has 47 heavy (non-hydrogen) atoms. The number of carboxylic acid groups (broad SMARTS) is 1. The highest BCUT2D eigenvalue weighted by Crippen LogP contribution is 2.34. The number of guanidine groups is 1. The van der Waals surface area contributed by atoms with E-state index in [0.29, 0.717) is 24.9 Å². The minimum atomic E-state index is -0.905. The fourth-order valence-corrected chi connectivity index (χ4v) is 6.92. The van der Waals surface area contributed by atoms with Gasteiger partial charge in [-0.15, -0.1) is 0 Å². The van der Waals surface area contributed by atoms with E-state index in [1.54, 1.807) is 6.20 Å². The van der Waals surface area contributed by atoms with Crippen molar-refractivity contribution in [2.75, 3.05) is 26.2 Å². The highest BCUT2D eigenvalue weighted by Gasteiger charge is 2.37. The first-order chi connectivity index (χ1) is 22.9. The predicted molar refractivity (Wildman–Crippen MR) is 180 cm³/mol. The summed E-state index contributed by atoms with van der Waals surface area (Å²) in [5.41, 5.74) is 5.99. The molecule has 0 saturated carbocycles. The lowest BCUT2D eigenvalue weighted by atomic mass is 10.0. The van der Waals surface area contributed by atoms with Crippen molar-refractivity contribution in [3.63, 3.8) is 0 Å². The van der Waals surface area contributed by atoms with Crippen LogP contribution in [-0.4, -0.2) is 85.0 Å². The molecule has 2 aromatic heterocycles. The lowest BCUT2D eigenvalue weighted by molar-refractivity contribution is -0.135. The first-order valence-corrected chi connectivity index (χ1v) is 16.5. The molecule has 2 saturated heterocycles. The molecule has 3 atom stereocenters. The molecule has 1 unspecified atom stereocenters. The lowest BCUT2D eigenvalue weighted by Gasteiger charge is -2.30. The zero-order chi connectivity index (χ0) is 32.5. The van der Waals surface area contributed by atoms with Crippen LogP contribution >= 0.6 is 0 Å². The summed E-state index contributed by atoms with van der Waals surface area (Å²) in [5, 5.41) is 16.0. The van der Waals surface area contributed by atoms with E-state index in [4.69, 9.17) is 4.98 Å².